The average molecular weight is 742 g/mol. The maximum Gasteiger partial charge on any atom is 0.0502 e. The van der Waals surface area contributed by atoms with Crippen LogP contribution in [-0.2, 0) is 21.7 Å². The van der Waals surface area contributed by atoms with Crippen LogP contribution in [0.15, 0.2) is 127 Å². The highest BCUT2D eigenvalue weighted by Crippen LogP contribution is 2.73. The second-order valence-corrected chi connectivity index (χ2v) is 20.8. The van der Waals surface area contributed by atoms with Crippen molar-refractivity contribution < 1.29 is 0 Å². The van der Waals surface area contributed by atoms with E-state index in [1.165, 1.54) is 111 Å². The van der Waals surface area contributed by atoms with Crippen LogP contribution in [0.3, 0.4) is 0 Å². The van der Waals surface area contributed by atoms with Gasteiger partial charge in [-0.05, 0) is 170 Å². The molecule has 0 heterocycles. The molecule has 0 N–H and O–H groups in total. The van der Waals surface area contributed by atoms with E-state index in [1.54, 1.807) is 11.1 Å². The van der Waals surface area contributed by atoms with Crippen molar-refractivity contribution in [3.63, 3.8) is 0 Å². The Morgan fingerprint density at radius 2 is 1.14 bits per heavy atom. The van der Waals surface area contributed by atoms with E-state index in [0.29, 0.717) is 0 Å². The molecule has 1 spiro atoms. The minimum absolute atomic E-state index is 0.0544. The van der Waals surface area contributed by atoms with E-state index in [1.807, 2.05) is 0 Å². The molecule has 6 aromatic carbocycles. The highest BCUT2D eigenvalue weighted by Gasteiger charge is 2.66. The van der Waals surface area contributed by atoms with E-state index in [0.717, 1.165) is 23.7 Å². The molecule has 4 saturated carbocycles. The SMILES string of the molecule is CC1(C)CCC(C)(C)c2c(N(c3ccc(-c4cccc5c4-c4ccccc4C54C5CC6CC(C5)C4C6)cc3)c3ccc4c(c3)C(C)(C)c3ccccc3-4)cccc21. The van der Waals surface area contributed by atoms with Crippen LogP contribution in [-0.4, -0.2) is 0 Å². The zero-order valence-corrected chi connectivity index (χ0v) is 34.6. The second-order valence-electron chi connectivity index (χ2n) is 20.8. The van der Waals surface area contributed by atoms with E-state index in [9.17, 15) is 0 Å². The molecule has 1 heteroatoms. The van der Waals surface area contributed by atoms with E-state index < -0.39 is 0 Å². The van der Waals surface area contributed by atoms with Gasteiger partial charge < -0.3 is 4.90 Å². The van der Waals surface area contributed by atoms with Crippen molar-refractivity contribution >= 4 is 17.1 Å². The zero-order chi connectivity index (χ0) is 38.6. The number of rotatable bonds is 4. The van der Waals surface area contributed by atoms with Gasteiger partial charge in [-0.15, -0.1) is 0 Å². The molecule has 6 aromatic rings. The topological polar surface area (TPSA) is 3.24 Å². The third-order valence-electron chi connectivity index (χ3n) is 16.7. The molecule has 57 heavy (non-hydrogen) atoms. The van der Waals surface area contributed by atoms with Crippen molar-refractivity contribution in [1.82, 2.24) is 0 Å². The maximum absolute atomic E-state index is 2.59. The smallest absolute Gasteiger partial charge is 0.0502 e. The average Bonchev–Trinajstić information content (AvgIpc) is 3.84. The largest absolute Gasteiger partial charge is 0.310 e. The van der Waals surface area contributed by atoms with Gasteiger partial charge in [-0.1, -0.05) is 139 Å². The lowest BCUT2D eigenvalue weighted by molar-refractivity contribution is 0.191. The lowest BCUT2D eigenvalue weighted by atomic mass is 9.59. The summed E-state index contributed by atoms with van der Waals surface area (Å²) in [6, 6.07) is 50.0. The predicted molar refractivity (Wildman–Crippen MR) is 238 cm³/mol. The van der Waals surface area contributed by atoms with Crippen molar-refractivity contribution in [3.8, 4) is 33.4 Å². The number of anilines is 3. The molecule has 1 nitrogen and oxygen atoms in total. The van der Waals surface area contributed by atoms with Gasteiger partial charge in [-0.2, -0.15) is 0 Å². The first kappa shape index (κ1) is 34.2. The van der Waals surface area contributed by atoms with Gasteiger partial charge in [-0.25, -0.2) is 0 Å². The number of nitrogens with zero attached hydrogens (tertiary/aromatic N) is 1. The fourth-order valence-electron chi connectivity index (χ4n) is 14.2. The molecule has 0 aromatic heterocycles. The zero-order valence-electron chi connectivity index (χ0n) is 34.6. The molecule has 5 unspecified atom stereocenters. The van der Waals surface area contributed by atoms with Crippen LogP contribution in [0.4, 0.5) is 17.1 Å². The minimum atomic E-state index is -0.0750. The Bertz CT molecular complexity index is 2650. The van der Waals surface area contributed by atoms with E-state index >= 15 is 0 Å². The van der Waals surface area contributed by atoms with Crippen LogP contribution in [0.2, 0.25) is 0 Å². The van der Waals surface area contributed by atoms with Crippen LogP contribution >= 0.6 is 0 Å². The summed E-state index contributed by atoms with van der Waals surface area (Å²) in [6.07, 6.45) is 8.10. The quantitative estimate of drug-likeness (QED) is 0.174. The first-order chi connectivity index (χ1) is 27.5. The van der Waals surface area contributed by atoms with Crippen LogP contribution in [0.5, 0.6) is 0 Å². The second kappa shape index (κ2) is 11.4. The summed E-state index contributed by atoms with van der Waals surface area (Å²) in [5, 5.41) is 0. The molecule has 0 amide bonds. The number of fused-ring (bicyclic) bond motifs is 7. The molecule has 7 aliphatic rings. The fraction of sp³-hybridized carbons (Fsp3) is 0.357. The fourth-order valence-corrected chi connectivity index (χ4v) is 14.2. The molecule has 13 rings (SSSR count). The molecular weight excluding hydrogens is 687 g/mol. The summed E-state index contributed by atoms with van der Waals surface area (Å²) in [5.74, 6) is 3.44. The molecule has 4 bridgehead atoms. The van der Waals surface area contributed by atoms with Gasteiger partial charge in [0.05, 0.1) is 5.69 Å². The van der Waals surface area contributed by atoms with Crippen LogP contribution in [0.1, 0.15) is 113 Å². The third-order valence-corrected chi connectivity index (χ3v) is 16.7. The highest BCUT2D eigenvalue weighted by molar-refractivity contribution is 5.94. The molecule has 284 valence electrons. The van der Waals surface area contributed by atoms with Gasteiger partial charge in [0.15, 0.2) is 0 Å². The molecule has 0 radical (unpaired) electrons. The van der Waals surface area contributed by atoms with Gasteiger partial charge in [0.1, 0.15) is 0 Å². The number of hydrogen-bond donors (Lipinski definition) is 0. The first-order valence-electron chi connectivity index (χ1n) is 22.0. The van der Waals surface area contributed by atoms with Gasteiger partial charge in [0.2, 0.25) is 0 Å². The summed E-state index contributed by atoms with van der Waals surface area (Å²) in [5.41, 5.74) is 21.6. The lowest BCUT2D eigenvalue weighted by Gasteiger charge is -2.44. The van der Waals surface area contributed by atoms with Crippen LogP contribution in [0, 0.1) is 23.7 Å². The molecule has 4 fully saturated rings. The van der Waals surface area contributed by atoms with Gasteiger partial charge in [0, 0.05) is 22.2 Å². The summed E-state index contributed by atoms with van der Waals surface area (Å²) >= 11 is 0. The van der Waals surface area contributed by atoms with Crippen LogP contribution < -0.4 is 4.90 Å². The van der Waals surface area contributed by atoms with Crippen molar-refractivity contribution in [1.29, 1.82) is 0 Å². The monoisotopic (exact) mass is 741 g/mol. The van der Waals surface area contributed by atoms with Crippen molar-refractivity contribution in [2.75, 3.05) is 4.90 Å². The maximum atomic E-state index is 2.59. The van der Waals surface area contributed by atoms with E-state index in [-0.39, 0.29) is 21.7 Å². The summed E-state index contributed by atoms with van der Waals surface area (Å²) in [7, 11) is 0. The Kier molecular flexibility index (Phi) is 6.84. The third kappa shape index (κ3) is 4.42. The Balaban J connectivity index is 1.03. The number of hydrogen-bond acceptors (Lipinski definition) is 1. The number of benzene rings is 6. The molecular formula is C56H55N. The van der Waals surface area contributed by atoms with Crippen molar-refractivity contribution in [2.45, 2.75) is 102 Å². The molecule has 7 aliphatic carbocycles. The Morgan fingerprint density at radius 1 is 0.491 bits per heavy atom. The van der Waals surface area contributed by atoms with Gasteiger partial charge in [-0.3, -0.25) is 0 Å². The first-order valence-corrected chi connectivity index (χ1v) is 22.0. The predicted octanol–water partition coefficient (Wildman–Crippen LogP) is 14.8. The molecule has 5 atom stereocenters. The van der Waals surface area contributed by atoms with E-state index in [2.05, 4.69) is 174 Å². The summed E-state index contributed by atoms with van der Waals surface area (Å²) < 4.78 is 0. The minimum Gasteiger partial charge on any atom is -0.310 e. The van der Waals surface area contributed by atoms with Gasteiger partial charge >= 0.3 is 0 Å². The molecule has 0 saturated heterocycles. The standard InChI is InChI=1S/C56H55N/c1-53(2)27-28-54(3,4)52-47(53)19-12-20-50(52)57(39-25-26-42-41-13-7-9-16-44(41)55(5,6)49(42)33-39)38-23-21-35(22-24-38)40-15-11-18-46-51(40)43-14-8-10-17-45(43)56(46)37-30-34-29-36(32-37)48(56)31-34/h7-26,33-34,36-37,48H,27-32H2,1-6H3. The van der Waals surface area contributed by atoms with E-state index in [4.69, 9.17) is 0 Å². The Morgan fingerprint density at radius 3 is 1.95 bits per heavy atom. The van der Waals surface area contributed by atoms with Gasteiger partial charge in [0.25, 0.3) is 0 Å². The van der Waals surface area contributed by atoms with Crippen molar-refractivity contribution in [2.24, 2.45) is 23.7 Å². The Labute approximate surface area is 340 Å². The van der Waals surface area contributed by atoms with Crippen LogP contribution in [0.25, 0.3) is 33.4 Å². The summed E-state index contributed by atoms with van der Waals surface area (Å²) in [4.78, 5) is 2.59. The Hall–Kier alpha value is -4.88. The summed E-state index contributed by atoms with van der Waals surface area (Å²) in [6.45, 7) is 14.6. The lowest BCUT2D eigenvalue weighted by Crippen LogP contribution is -2.40. The van der Waals surface area contributed by atoms with Crippen molar-refractivity contribution in [3.05, 3.63) is 161 Å². The normalized spacial score (nSPS) is 26.8. The highest BCUT2D eigenvalue weighted by atomic mass is 15.1. The molecule has 0 aliphatic heterocycles.